The number of aryl methyl sites for hydroxylation is 2. The van der Waals surface area contributed by atoms with Gasteiger partial charge in [0, 0.05) is 18.7 Å². The maximum atomic E-state index is 13.3. The second-order valence-corrected chi connectivity index (χ2v) is 5.89. The van der Waals surface area contributed by atoms with Crippen molar-refractivity contribution in [1.82, 2.24) is 10.5 Å². The lowest BCUT2D eigenvalue weighted by atomic mass is 10.1. The summed E-state index contributed by atoms with van der Waals surface area (Å²) in [7, 11) is 0. The van der Waals surface area contributed by atoms with Gasteiger partial charge in [0.25, 0.3) is 0 Å². The molecule has 1 heterocycles. The fraction of sp³-hybridized carbons (Fsp3) is 0.471. The van der Waals surface area contributed by atoms with Gasteiger partial charge in [-0.1, -0.05) is 11.2 Å². The Balaban J connectivity index is 2.14. The van der Waals surface area contributed by atoms with Crippen LogP contribution in [0.4, 0.5) is 13.2 Å². The maximum absolute atomic E-state index is 13.3. The van der Waals surface area contributed by atoms with E-state index < -0.39 is 11.7 Å². The van der Waals surface area contributed by atoms with E-state index in [9.17, 15) is 13.2 Å². The van der Waals surface area contributed by atoms with Crippen LogP contribution in [0.5, 0.6) is 5.75 Å². The Hall–Kier alpha value is -2.02. The fourth-order valence-electron chi connectivity index (χ4n) is 2.40. The Kier molecular flexibility index (Phi) is 5.54. The van der Waals surface area contributed by atoms with Gasteiger partial charge in [-0.25, -0.2) is 0 Å². The van der Waals surface area contributed by atoms with E-state index in [-0.39, 0.29) is 24.0 Å². The summed E-state index contributed by atoms with van der Waals surface area (Å²) in [6, 6.07) is 4.05. The molecule has 0 saturated carbocycles. The molecule has 0 atom stereocenters. The van der Waals surface area contributed by atoms with Crippen LogP contribution in [0, 0.1) is 13.8 Å². The molecule has 0 aliphatic heterocycles. The first kappa shape index (κ1) is 18.3. The molecule has 2 rings (SSSR count). The number of ether oxygens (including phenoxy) is 1. The van der Waals surface area contributed by atoms with Crippen molar-refractivity contribution in [2.24, 2.45) is 0 Å². The SMILES string of the molecule is Cc1noc(C)c1CNCc1ccc(OC(C)C)cc1C(F)(F)F. The zero-order valence-electron chi connectivity index (χ0n) is 14.1. The lowest BCUT2D eigenvalue weighted by Gasteiger charge is -2.17. The van der Waals surface area contributed by atoms with E-state index in [1.54, 1.807) is 33.8 Å². The number of halogens is 3. The van der Waals surface area contributed by atoms with Crippen molar-refractivity contribution >= 4 is 0 Å². The fourth-order valence-corrected chi connectivity index (χ4v) is 2.40. The van der Waals surface area contributed by atoms with Gasteiger partial charge in [0.05, 0.1) is 17.4 Å². The minimum Gasteiger partial charge on any atom is -0.491 e. The molecular weight excluding hydrogens is 321 g/mol. The predicted molar refractivity (Wildman–Crippen MR) is 83.7 cm³/mol. The Bertz CT molecular complexity index is 674. The molecule has 0 saturated heterocycles. The van der Waals surface area contributed by atoms with E-state index in [4.69, 9.17) is 9.26 Å². The number of alkyl halides is 3. The van der Waals surface area contributed by atoms with Crippen LogP contribution in [-0.4, -0.2) is 11.3 Å². The zero-order valence-corrected chi connectivity index (χ0v) is 14.1. The van der Waals surface area contributed by atoms with E-state index in [1.165, 1.54) is 6.07 Å². The number of hydrogen-bond donors (Lipinski definition) is 1. The maximum Gasteiger partial charge on any atom is 0.416 e. The van der Waals surface area contributed by atoms with Crippen LogP contribution in [0.3, 0.4) is 0 Å². The topological polar surface area (TPSA) is 47.3 Å². The summed E-state index contributed by atoms with van der Waals surface area (Å²) in [5, 5.41) is 6.84. The van der Waals surface area contributed by atoms with Crippen molar-refractivity contribution in [1.29, 1.82) is 0 Å². The molecule has 0 bridgehead atoms. The van der Waals surface area contributed by atoms with Gasteiger partial charge in [0.2, 0.25) is 0 Å². The lowest BCUT2D eigenvalue weighted by molar-refractivity contribution is -0.138. The standard InChI is InChI=1S/C17H21F3N2O2/c1-10(2)23-14-6-5-13(16(7-14)17(18,19)20)8-21-9-15-11(3)22-24-12(15)4/h5-7,10,21H,8-9H2,1-4H3. The van der Waals surface area contributed by atoms with Gasteiger partial charge in [0.1, 0.15) is 11.5 Å². The monoisotopic (exact) mass is 342 g/mol. The minimum absolute atomic E-state index is 0.0842. The molecule has 1 aromatic carbocycles. The van der Waals surface area contributed by atoms with Gasteiger partial charge in [-0.05, 0) is 45.4 Å². The van der Waals surface area contributed by atoms with Crippen molar-refractivity contribution in [3.8, 4) is 5.75 Å². The molecule has 4 nitrogen and oxygen atoms in total. The molecule has 24 heavy (non-hydrogen) atoms. The van der Waals surface area contributed by atoms with E-state index in [0.29, 0.717) is 12.3 Å². The summed E-state index contributed by atoms with van der Waals surface area (Å²) < 4.78 is 50.3. The summed E-state index contributed by atoms with van der Waals surface area (Å²) in [6.45, 7) is 7.59. The van der Waals surface area contributed by atoms with Crippen molar-refractivity contribution in [2.45, 2.75) is 53.1 Å². The highest BCUT2D eigenvalue weighted by atomic mass is 19.4. The molecule has 0 fully saturated rings. The van der Waals surface area contributed by atoms with E-state index in [1.807, 2.05) is 0 Å². The van der Waals surface area contributed by atoms with Crippen LogP contribution in [0.1, 0.15) is 42.0 Å². The van der Waals surface area contributed by atoms with Crippen LogP contribution in [0.15, 0.2) is 22.7 Å². The van der Waals surface area contributed by atoms with Crippen molar-refractivity contribution in [3.63, 3.8) is 0 Å². The highest BCUT2D eigenvalue weighted by Gasteiger charge is 2.33. The number of hydrogen-bond acceptors (Lipinski definition) is 4. The largest absolute Gasteiger partial charge is 0.491 e. The van der Waals surface area contributed by atoms with Crippen LogP contribution < -0.4 is 10.1 Å². The highest BCUT2D eigenvalue weighted by molar-refractivity contribution is 5.37. The number of rotatable bonds is 6. The second kappa shape index (κ2) is 7.25. The number of benzene rings is 1. The van der Waals surface area contributed by atoms with E-state index >= 15 is 0 Å². The van der Waals surface area contributed by atoms with Crippen LogP contribution in [-0.2, 0) is 19.3 Å². The van der Waals surface area contributed by atoms with Gasteiger partial charge in [0.15, 0.2) is 0 Å². The Morgan fingerprint density at radius 3 is 2.46 bits per heavy atom. The first-order valence-electron chi connectivity index (χ1n) is 7.67. The molecule has 0 unspecified atom stereocenters. The van der Waals surface area contributed by atoms with Crippen molar-refractivity contribution < 1.29 is 22.4 Å². The van der Waals surface area contributed by atoms with Crippen LogP contribution in [0.2, 0.25) is 0 Å². The zero-order chi connectivity index (χ0) is 17.9. The molecule has 132 valence electrons. The molecule has 2 aromatic rings. The normalized spacial score (nSPS) is 12.0. The third-order valence-corrected chi connectivity index (χ3v) is 3.56. The van der Waals surface area contributed by atoms with Gasteiger partial charge in [-0.2, -0.15) is 13.2 Å². The first-order valence-corrected chi connectivity index (χ1v) is 7.67. The van der Waals surface area contributed by atoms with Crippen molar-refractivity contribution in [2.75, 3.05) is 0 Å². The van der Waals surface area contributed by atoms with Gasteiger partial charge >= 0.3 is 6.18 Å². The van der Waals surface area contributed by atoms with E-state index in [2.05, 4.69) is 10.5 Å². The quantitative estimate of drug-likeness (QED) is 0.846. The number of nitrogens with one attached hydrogen (secondary N) is 1. The van der Waals surface area contributed by atoms with Gasteiger partial charge < -0.3 is 14.6 Å². The smallest absolute Gasteiger partial charge is 0.416 e. The van der Waals surface area contributed by atoms with Crippen LogP contribution >= 0.6 is 0 Å². The third-order valence-electron chi connectivity index (χ3n) is 3.56. The Morgan fingerprint density at radius 2 is 1.92 bits per heavy atom. The molecule has 0 amide bonds. The summed E-state index contributed by atoms with van der Waals surface area (Å²) in [4.78, 5) is 0. The van der Waals surface area contributed by atoms with E-state index in [0.717, 1.165) is 17.3 Å². The van der Waals surface area contributed by atoms with Crippen molar-refractivity contribution in [3.05, 3.63) is 46.3 Å². The third kappa shape index (κ3) is 4.50. The highest BCUT2D eigenvalue weighted by Crippen LogP contribution is 2.34. The molecule has 1 N–H and O–H groups in total. The average Bonchev–Trinajstić information content (AvgIpc) is 2.78. The summed E-state index contributed by atoms with van der Waals surface area (Å²) >= 11 is 0. The first-order chi connectivity index (χ1) is 11.2. The minimum atomic E-state index is -4.43. The molecule has 0 spiro atoms. The lowest BCUT2D eigenvalue weighted by Crippen LogP contribution is -2.18. The molecule has 0 aliphatic rings. The van der Waals surface area contributed by atoms with Gasteiger partial charge in [-0.3, -0.25) is 0 Å². The second-order valence-electron chi connectivity index (χ2n) is 5.89. The van der Waals surface area contributed by atoms with Gasteiger partial charge in [-0.15, -0.1) is 0 Å². The molecule has 1 aromatic heterocycles. The summed E-state index contributed by atoms with van der Waals surface area (Å²) in [5.74, 6) is 0.878. The molecule has 0 aliphatic carbocycles. The molecule has 0 radical (unpaired) electrons. The van der Waals surface area contributed by atoms with Crippen LogP contribution in [0.25, 0.3) is 0 Å². The number of nitrogens with zero attached hydrogens (tertiary/aromatic N) is 1. The summed E-state index contributed by atoms with van der Waals surface area (Å²) in [5.41, 5.74) is 1.08. The molecule has 7 heteroatoms. The average molecular weight is 342 g/mol. The molecular formula is C17H21F3N2O2. The number of aromatic nitrogens is 1. The Morgan fingerprint density at radius 1 is 1.21 bits per heavy atom. The Labute approximate surface area is 139 Å². The predicted octanol–water partition coefficient (Wildman–Crippen LogP) is 4.39. The summed E-state index contributed by atoms with van der Waals surface area (Å²) in [6.07, 6.45) is -4.62.